The molecule has 5 rings (SSSR count). The van der Waals surface area contributed by atoms with Crippen molar-refractivity contribution >= 4 is 22.6 Å². The fraction of sp³-hybridized carbons (Fsp3) is 0.333. The average Bonchev–Trinajstić information content (AvgIpc) is 3.37. The SMILES string of the molecule is Fc1ccc(Cn2nnnc2CN2CCC(c3nc4ccc(Cl)cc4[nH]3)CC2)cc1. The Labute approximate surface area is 177 Å². The van der Waals surface area contributed by atoms with E-state index in [4.69, 9.17) is 16.6 Å². The molecule has 1 aliphatic rings. The highest BCUT2D eigenvalue weighted by molar-refractivity contribution is 6.31. The van der Waals surface area contributed by atoms with Gasteiger partial charge in [-0.2, -0.15) is 0 Å². The number of likely N-dealkylation sites (tertiary alicyclic amines) is 1. The molecule has 1 N–H and O–H groups in total. The van der Waals surface area contributed by atoms with E-state index < -0.39 is 0 Å². The van der Waals surface area contributed by atoms with Crippen LogP contribution >= 0.6 is 11.6 Å². The summed E-state index contributed by atoms with van der Waals surface area (Å²) in [7, 11) is 0. The van der Waals surface area contributed by atoms with E-state index in [0.29, 0.717) is 24.0 Å². The molecular formula is C21H21ClFN7. The number of hydrogen-bond acceptors (Lipinski definition) is 5. The molecule has 4 aromatic rings. The number of fused-ring (bicyclic) bond motifs is 1. The van der Waals surface area contributed by atoms with Crippen molar-refractivity contribution < 1.29 is 4.39 Å². The molecule has 0 aliphatic carbocycles. The predicted molar refractivity (Wildman–Crippen MR) is 112 cm³/mol. The fourth-order valence-corrected chi connectivity index (χ4v) is 4.15. The molecule has 0 saturated carbocycles. The molecule has 1 aliphatic heterocycles. The zero-order valence-electron chi connectivity index (χ0n) is 16.3. The van der Waals surface area contributed by atoms with Crippen molar-refractivity contribution in [2.45, 2.75) is 31.8 Å². The van der Waals surface area contributed by atoms with Gasteiger partial charge in [0.1, 0.15) is 11.6 Å². The number of nitrogens with one attached hydrogen (secondary N) is 1. The van der Waals surface area contributed by atoms with Crippen LogP contribution in [-0.2, 0) is 13.1 Å². The van der Waals surface area contributed by atoms with E-state index in [1.165, 1.54) is 12.1 Å². The summed E-state index contributed by atoms with van der Waals surface area (Å²) in [5, 5.41) is 12.8. The van der Waals surface area contributed by atoms with Gasteiger partial charge in [0, 0.05) is 10.9 Å². The standard InChI is InChI=1S/C21H21ClFN7/c22-16-3-6-18-19(11-16)25-21(24-18)15-7-9-29(10-8-15)13-20-26-27-28-30(20)12-14-1-4-17(23)5-2-14/h1-6,11,15H,7-10,12-13H2,(H,24,25). The van der Waals surface area contributed by atoms with Gasteiger partial charge in [0.15, 0.2) is 5.82 Å². The number of aromatic nitrogens is 6. The Morgan fingerprint density at radius 3 is 2.67 bits per heavy atom. The van der Waals surface area contributed by atoms with Crippen molar-refractivity contribution in [1.82, 2.24) is 35.1 Å². The summed E-state index contributed by atoms with van der Waals surface area (Å²) in [6, 6.07) is 12.2. The molecule has 0 unspecified atom stereocenters. The molecule has 3 heterocycles. The Bertz CT molecular complexity index is 1150. The van der Waals surface area contributed by atoms with E-state index in [1.54, 1.807) is 16.8 Å². The molecule has 0 spiro atoms. The van der Waals surface area contributed by atoms with Crippen molar-refractivity contribution in [2.24, 2.45) is 0 Å². The van der Waals surface area contributed by atoms with Gasteiger partial charge < -0.3 is 4.98 Å². The quantitative estimate of drug-likeness (QED) is 0.526. The van der Waals surface area contributed by atoms with Crippen LogP contribution in [0.4, 0.5) is 4.39 Å². The third-order valence-electron chi connectivity index (χ3n) is 5.65. The number of halogens is 2. The molecular weight excluding hydrogens is 405 g/mol. The lowest BCUT2D eigenvalue weighted by Crippen LogP contribution is -2.33. The fourth-order valence-electron chi connectivity index (χ4n) is 3.98. The number of benzene rings is 2. The van der Waals surface area contributed by atoms with Gasteiger partial charge >= 0.3 is 0 Å². The van der Waals surface area contributed by atoms with Crippen LogP contribution in [0.15, 0.2) is 42.5 Å². The van der Waals surface area contributed by atoms with Gasteiger partial charge in [0.25, 0.3) is 0 Å². The van der Waals surface area contributed by atoms with Crippen LogP contribution in [0.3, 0.4) is 0 Å². The van der Waals surface area contributed by atoms with Gasteiger partial charge in [-0.1, -0.05) is 23.7 Å². The van der Waals surface area contributed by atoms with Gasteiger partial charge in [-0.25, -0.2) is 14.1 Å². The first kappa shape index (κ1) is 19.1. The minimum atomic E-state index is -0.244. The zero-order valence-corrected chi connectivity index (χ0v) is 17.1. The van der Waals surface area contributed by atoms with Crippen molar-refractivity contribution in [3.05, 3.63) is 70.5 Å². The van der Waals surface area contributed by atoms with E-state index in [-0.39, 0.29) is 5.82 Å². The maximum Gasteiger partial charge on any atom is 0.165 e. The zero-order chi connectivity index (χ0) is 20.5. The number of H-pyrrole nitrogens is 1. The molecule has 1 saturated heterocycles. The van der Waals surface area contributed by atoms with Crippen LogP contribution in [0.5, 0.6) is 0 Å². The molecule has 0 bridgehead atoms. The van der Waals surface area contributed by atoms with Crippen LogP contribution in [0, 0.1) is 5.82 Å². The van der Waals surface area contributed by atoms with Crippen molar-refractivity contribution in [3.8, 4) is 0 Å². The normalized spacial score (nSPS) is 15.8. The van der Waals surface area contributed by atoms with E-state index in [2.05, 4.69) is 25.4 Å². The first-order chi connectivity index (χ1) is 14.6. The van der Waals surface area contributed by atoms with E-state index in [1.807, 2.05) is 18.2 Å². The second kappa shape index (κ2) is 8.12. The number of rotatable bonds is 5. The molecule has 2 aromatic carbocycles. The van der Waals surface area contributed by atoms with Gasteiger partial charge in [-0.3, -0.25) is 4.90 Å². The molecule has 0 atom stereocenters. The summed E-state index contributed by atoms with van der Waals surface area (Å²) in [6.07, 6.45) is 2.04. The number of nitrogens with zero attached hydrogens (tertiary/aromatic N) is 6. The molecule has 0 radical (unpaired) electrons. The van der Waals surface area contributed by atoms with Crippen LogP contribution in [-0.4, -0.2) is 48.2 Å². The molecule has 2 aromatic heterocycles. The lowest BCUT2D eigenvalue weighted by molar-refractivity contribution is 0.195. The summed E-state index contributed by atoms with van der Waals surface area (Å²) < 4.78 is 14.9. The monoisotopic (exact) mass is 425 g/mol. The number of aromatic amines is 1. The lowest BCUT2D eigenvalue weighted by atomic mass is 9.96. The minimum Gasteiger partial charge on any atom is -0.342 e. The molecule has 30 heavy (non-hydrogen) atoms. The summed E-state index contributed by atoms with van der Waals surface area (Å²) >= 11 is 6.08. The van der Waals surface area contributed by atoms with E-state index >= 15 is 0 Å². The van der Waals surface area contributed by atoms with Gasteiger partial charge in [-0.15, -0.1) is 5.10 Å². The summed E-state index contributed by atoms with van der Waals surface area (Å²) in [5.41, 5.74) is 2.91. The lowest BCUT2D eigenvalue weighted by Gasteiger charge is -2.30. The first-order valence-corrected chi connectivity index (χ1v) is 10.4. The number of imidazole rings is 1. The Morgan fingerprint density at radius 1 is 1.07 bits per heavy atom. The third-order valence-corrected chi connectivity index (χ3v) is 5.89. The maximum atomic E-state index is 13.1. The molecule has 0 amide bonds. The summed E-state index contributed by atoms with van der Waals surface area (Å²) in [5.74, 6) is 2.01. The molecule has 7 nitrogen and oxygen atoms in total. The average molecular weight is 426 g/mol. The van der Waals surface area contributed by atoms with Crippen LogP contribution < -0.4 is 0 Å². The second-order valence-electron chi connectivity index (χ2n) is 7.71. The van der Waals surface area contributed by atoms with Gasteiger partial charge in [-0.05, 0) is 72.3 Å². The second-order valence-corrected chi connectivity index (χ2v) is 8.15. The Morgan fingerprint density at radius 2 is 1.87 bits per heavy atom. The van der Waals surface area contributed by atoms with Gasteiger partial charge in [0.05, 0.1) is 24.1 Å². The first-order valence-electron chi connectivity index (χ1n) is 10.0. The summed E-state index contributed by atoms with van der Waals surface area (Å²) in [4.78, 5) is 10.5. The maximum absolute atomic E-state index is 13.1. The van der Waals surface area contributed by atoms with E-state index in [0.717, 1.165) is 54.2 Å². The molecule has 1 fully saturated rings. The highest BCUT2D eigenvalue weighted by Crippen LogP contribution is 2.29. The van der Waals surface area contributed by atoms with Crippen LogP contribution in [0.2, 0.25) is 5.02 Å². The largest absolute Gasteiger partial charge is 0.342 e. The highest BCUT2D eigenvalue weighted by atomic mass is 35.5. The Hall–Kier alpha value is -2.84. The molecule has 154 valence electrons. The number of piperidine rings is 1. The smallest absolute Gasteiger partial charge is 0.165 e. The third kappa shape index (κ3) is 4.06. The predicted octanol–water partition coefficient (Wildman–Crippen LogP) is 3.77. The van der Waals surface area contributed by atoms with Gasteiger partial charge in [0.2, 0.25) is 0 Å². The summed E-state index contributed by atoms with van der Waals surface area (Å²) in [6.45, 7) is 3.12. The highest BCUT2D eigenvalue weighted by Gasteiger charge is 2.24. The number of tetrazole rings is 1. The number of hydrogen-bond donors (Lipinski definition) is 1. The van der Waals surface area contributed by atoms with Crippen molar-refractivity contribution in [2.75, 3.05) is 13.1 Å². The minimum absolute atomic E-state index is 0.244. The van der Waals surface area contributed by atoms with Crippen LogP contribution in [0.25, 0.3) is 11.0 Å². The van der Waals surface area contributed by atoms with Crippen molar-refractivity contribution in [3.63, 3.8) is 0 Å². The molecule has 9 heteroatoms. The Kier molecular flexibility index (Phi) is 5.18. The van der Waals surface area contributed by atoms with Crippen molar-refractivity contribution in [1.29, 1.82) is 0 Å². The topological polar surface area (TPSA) is 75.5 Å². The van der Waals surface area contributed by atoms with Crippen LogP contribution in [0.1, 0.15) is 36.0 Å². The Balaban J connectivity index is 1.21. The van der Waals surface area contributed by atoms with E-state index in [9.17, 15) is 4.39 Å².